The summed E-state index contributed by atoms with van der Waals surface area (Å²) in [6, 6.07) is 12.1. The molecule has 0 amide bonds. The SMILES string of the molecule is CCNC(=NCc1ccccc1OC(C)(C)C)NCc1cccnc1N(C)C. The number of hydrogen-bond acceptors (Lipinski definition) is 4. The molecule has 1 aromatic carbocycles. The molecule has 0 bridgehead atoms. The van der Waals surface area contributed by atoms with Crippen molar-refractivity contribution >= 4 is 11.8 Å². The zero-order chi connectivity index (χ0) is 20.6. The molecular formula is C22H33N5O. The molecule has 0 atom stereocenters. The van der Waals surface area contributed by atoms with Crippen molar-refractivity contribution in [3.63, 3.8) is 0 Å². The van der Waals surface area contributed by atoms with Crippen molar-refractivity contribution < 1.29 is 4.74 Å². The zero-order valence-corrected chi connectivity index (χ0v) is 17.9. The van der Waals surface area contributed by atoms with Crippen molar-refractivity contribution in [1.82, 2.24) is 15.6 Å². The third-order valence-electron chi connectivity index (χ3n) is 3.88. The summed E-state index contributed by atoms with van der Waals surface area (Å²) in [6.45, 7) is 10.2. The van der Waals surface area contributed by atoms with Crippen LogP contribution in [0.1, 0.15) is 38.8 Å². The molecule has 0 aliphatic rings. The summed E-state index contributed by atoms with van der Waals surface area (Å²) in [6.07, 6.45) is 1.81. The second-order valence-electron chi connectivity index (χ2n) is 7.75. The first-order valence-electron chi connectivity index (χ1n) is 9.70. The number of guanidine groups is 1. The standard InChI is InChI=1S/C22H33N5O/c1-7-23-21(26-16-18-12-10-14-24-20(18)27(5)6)25-15-17-11-8-9-13-19(17)28-22(2,3)4/h8-14H,7,15-16H2,1-6H3,(H2,23,25,26). The summed E-state index contributed by atoms with van der Waals surface area (Å²) in [5.74, 6) is 2.59. The molecular weight excluding hydrogens is 350 g/mol. The lowest BCUT2D eigenvalue weighted by molar-refractivity contribution is 0.129. The molecule has 1 aromatic heterocycles. The molecule has 0 aliphatic heterocycles. The maximum Gasteiger partial charge on any atom is 0.191 e. The average Bonchev–Trinajstić information content (AvgIpc) is 2.64. The lowest BCUT2D eigenvalue weighted by Crippen LogP contribution is -2.37. The first-order valence-corrected chi connectivity index (χ1v) is 9.70. The number of aliphatic imine (C=N–C) groups is 1. The topological polar surface area (TPSA) is 61.8 Å². The van der Waals surface area contributed by atoms with Gasteiger partial charge in [-0.3, -0.25) is 0 Å². The monoisotopic (exact) mass is 383 g/mol. The Hall–Kier alpha value is -2.76. The lowest BCUT2D eigenvalue weighted by atomic mass is 10.1. The van der Waals surface area contributed by atoms with Crippen molar-refractivity contribution in [2.24, 2.45) is 4.99 Å². The van der Waals surface area contributed by atoms with Crippen molar-refractivity contribution in [1.29, 1.82) is 0 Å². The Labute approximate surface area is 169 Å². The Morgan fingerprint density at radius 1 is 1.07 bits per heavy atom. The minimum Gasteiger partial charge on any atom is -0.488 e. The van der Waals surface area contributed by atoms with Crippen LogP contribution in [0.5, 0.6) is 5.75 Å². The van der Waals surface area contributed by atoms with Gasteiger partial charge in [0.25, 0.3) is 0 Å². The molecule has 0 unspecified atom stereocenters. The van der Waals surface area contributed by atoms with Gasteiger partial charge in [-0.25, -0.2) is 9.98 Å². The number of nitrogens with zero attached hydrogens (tertiary/aromatic N) is 3. The highest BCUT2D eigenvalue weighted by Gasteiger charge is 2.14. The van der Waals surface area contributed by atoms with E-state index in [1.54, 1.807) is 0 Å². The number of hydrogen-bond donors (Lipinski definition) is 2. The summed E-state index contributed by atoms with van der Waals surface area (Å²) < 4.78 is 6.07. The number of aromatic nitrogens is 1. The molecule has 0 radical (unpaired) electrons. The van der Waals surface area contributed by atoms with Crippen LogP contribution < -0.4 is 20.3 Å². The van der Waals surface area contributed by atoms with Gasteiger partial charge in [0.15, 0.2) is 5.96 Å². The maximum absolute atomic E-state index is 6.07. The normalized spacial score (nSPS) is 11.9. The van der Waals surface area contributed by atoms with Gasteiger partial charge in [-0.2, -0.15) is 0 Å². The number of rotatable bonds is 7. The minimum absolute atomic E-state index is 0.245. The molecule has 0 spiro atoms. The molecule has 28 heavy (non-hydrogen) atoms. The fourth-order valence-electron chi connectivity index (χ4n) is 2.72. The van der Waals surface area contributed by atoms with Crippen LogP contribution in [0.3, 0.4) is 0 Å². The number of ether oxygens (including phenoxy) is 1. The van der Waals surface area contributed by atoms with Crippen LogP contribution in [0, 0.1) is 0 Å². The minimum atomic E-state index is -0.245. The quantitative estimate of drug-likeness (QED) is 0.565. The molecule has 2 N–H and O–H groups in total. The number of para-hydroxylation sites is 1. The van der Waals surface area contributed by atoms with E-state index in [9.17, 15) is 0 Å². The van der Waals surface area contributed by atoms with Crippen LogP contribution in [-0.4, -0.2) is 37.2 Å². The van der Waals surface area contributed by atoms with Gasteiger partial charge in [-0.05, 0) is 39.8 Å². The zero-order valence-electron chi connectivity index (χ0n) is 17.9. The van der Waals surface area contributed by atoms with Gasteiger partial charge < -0.3 is 20.3 Å². The first kappa shape index (κ1) is 21.5. The highest BCUT2D eigenvalue weighted by atomic mass is 16.5. The van der Waals surface area contributed by atoms with Gasteiger partial charge in [-0.1, -0.05) is 24.3 Å². The third kappa shape index (κ3) is 6.76. The van der Waals surface area contributed by atoms with E-state index in [0.29, 0.717) is 13.1 Å². The van der Waals surface area contributed by atoms with Crippen LogP contribution in [0.15, 0.2) is 47.6 Å². The summed E-state index contributed by atoms with van der Waals surface area (Å²) in [5.41, 5.74) is 1.94. The van der Waals surface area contributed by atoms with Gasteiger partial charge in [-0.15, -0.1) is 0 Å². The smallest absolute Gasteiger partial charge is 0.191 e. The van der Waals surface area contributed by atoms with E-state index in [0.717, 1.165) is 35.2 Å². The van der Waals surface area contributed by atoms with E-state index in [4.69, 9.17) is 9.73 Å². The average molecular weight is 384 g/mol. The van der Waals surface area contributed by atoms with Gasteiger partial charge in [0, 0.05) is 44.5 Å². The van der Waals surface area contributed by atoms with Crippen LogP contribution in [-0.2, 0) is 13.1 Å². The molecule has 1 heterocycles. The number of pyridine rings is 1. The molecule has 2 rings (SSSR count). The van der Waals surface area contributed by atoms with Crippen LogP contribution in [0.25, 0.3) is 0 Å². The Morgan fingerprint density at radius 3 is 2.46 bits per heavy atom. The molecule has 6 nitrogen and oxygen atoms in total. The Morgan fingerprint density at radius 2 is 1.79 bits per heavy atom. The first-order chi connectivity index (χ1) is 13.3. The Bertz CT molecular complexity index is 780. The molecule has 0 aliphatic carbocycles. The highest BCUT2D eigenvalue weighted by molar-refractivity contribution is 5.79. The fraction of sp³-hybridized carbons (Fsp3) is 0.455. The number of anilines is 1. The molecule has 6 heteroatoms. The van der Waals surface area contributed by atoms with Crippen LogP contribution in [0.2, 0.25) is 0 Å². The van der Waals surface area contributed by atoms with Crippen LogP contribution in [0.4, 0.5) is 5.82 Å². The van der Waals surface area contributed by atoms with Gasteiger partial charge in [0.1, 0.15) is 17.2 Å². The van der Waals surface area contributed by atoms with E-state index in [2.05, 4.69) is 55.4 Å². The van der Waals surface area contributed by atoms with E-state index >= 15 is 0 Å². The largest absolute Gasteiger partial charge is 0.488 e. The van der Waals surface area contributed by atoms with Crippen molar-refractivity contribution in [2.45, 2.75) is 46.4 Å². The van der Waals surface area contributed by atoms with E-state index in [-0.39, 0.29) is 5.60 Å². The van der Waals surface area contributed by atoms with Gasteiger partial charge in [0.05, 0.1) is 6.54 Å². The van der Waals surface area contributed by atoms with Crippen molar-refractivity contribution in [3.8, 4) is 5.75 Å². The third-order valence-corrected chi connectivity index (χ3v) is 3.88. The predicted octanol–water partition coefficient (Wildman–Crippen LogP) is 3.58. The van der Waals surface area contributed by atoms with Crippen molar-refractivity contribution in [2.75, 3.05) is 25.5 Å². The predicted molar refractivity (Wildman–Crippen MR) is 117 cm³/mol. The second-order valence-corrected chi connectivity index (χ2v) is 7.75. The number of nitrogens with one attached hydrogen (secondary N) is 2. The van der Waals surface area contributed by atoms with E-state index in [1.165, 1.54) is 0 Å². The summed E-state index contributed by atoms with van der Waals surface area (Å²) in [7, 11) is 3.99. The second kappa shape index (κ2) is 9.97. The Kier molecular flexibility index (Phi) is 7.67. The highest BCUT2D eigenvalue weighted by Crippen LogP contribution is 2.23. The summed E-state index contributed by atoms with van der Waals surface area (Å²) in [5, 5.41) is 6.71. The molecule has 0 fully saturated rings. The molecule has 0 saturated heterocycles. The Balaban J connectivity index is 2.12. The summed E-state index contributed by atoms with van der Waals surface area (Å²) in [4.78, 5) is 11.2. The van der Waals surface area contributed by atoms with Gasteiger partial charge in [0.2, 0.25) is 0 Å². The fourth-order valence-corrected chi connectivity index (χ4v) is 2.72. The molecule has 152 valence electrons. The lowest BCUT2D eigenvalue weighted by Gasteiger charge is -2.23. The van der Waals surface area contributed by atoms with E-state index < -0.39 is 0 Å². The number of benzene rings is 1. The molecule has 0 saturated carbocycles. The van der Waals surface area contributed by atoms with E-state index in [1.807, 2.05) is 49.5 Å². The van der Waals surface area contributed by atoms with Crippen molar-refractivity contribution in [3.05, 3.63) is 53.7 Å². The molecule has 2 aromatic rings. The maximum atomic E-state index is 6.07. The van der Waals surface area contributed by atoms with Crippen LogP contribution >= 0.6 is 0 Å². The van der Waals surface area contributed by atoms with Gasteiger partial charge >= 0.3 is 0 Å². The summed E-state index contributed by atoms with van der Waals surface area (Å²) >= 11 is 0.